The van der Waals surface area contributed by atoms with Crippen LogP contribution >= 0.6 is 0 Å². The minimum absolute atomic E-state index is 0. The molecule has 0 rings (SSSR count). The van der Waals surface area contributed by atoms with Crippen molar-refractivity contribution in [3.63, 3.8) is 0 Å². The van der Waals surface area contributed by atoms with Gasteiger partial charge >= 0.3 is 26.4 Å². The van der Waals surface area contributed by atoms with Crippen LogP contribution in [0.2, 0.25) is 18.1 Å². The summed E-state index contributed by atoms with van der Waals surface area (Å²) in [4.78, 5) is 0. The Balaban J connectivity index is -0.0000000628. The van der Waals surface area contributed by atoms with Crippen LogP contribution in [-0.2, 0) is 44.6 Å². The fourth-order valence-electron chi connectivity index (χ4n) is 8.83. The quantitative estimate of drug-likeness (QED) is 0.0196. The zero-order valence-electron chi connectivity index (χ0n) is 72.7. The van der Waals surface area contributed by atoms with E-state index in [9.17, 15) is 0 Å². The fraction of sp³-hybridized carbons (Fsp3) is 1.00. The van der Waals surface area contributed by atoms with Gasteiger partial charge in [0.2, 0.25) is 0 Å². The summed E-state index contributed by atoms with van der Waals surface area (Å²) < 4.78 is 66.3. The number of halogens is 8. The molecule has 0 saturated heterocycles. The van der Waals surface area contributed by atoms with E-state index in [0.717, 1.165) is 140 Å². The molecule has 0 heterocycles. The first kappa shape index (κ1) is 146. The standard InChI is InChI=1S/C20H48NO6Si2.C12H30NO3Si.C8H20NO2.C8H20N.C7H18NO2.C6H16NO.2C4H12N.BrH.7HI/c1-9-22-28(23-10-2,24-11-3)19-15-17-21(7,8)18-16-20-29(25-12-4,26-13-5)27-14-6;1-7-14-17(15-8-2,16-9-3)12-10-11-13(4,5)6;1-9(2,5-3-7-10)6-4-8-11;1-5-9(6-2,7-3)8-4;1-8(2,3)4-6-10-7-5-9;1-7(2,3)5-4-6-8;2*1-5(2,3)4;;;;;;;;/h9-20H2,1-8H3;7-12H2,1-6H3;10-11H,3-8H2,1-2H3;5-8H2,1-4H3;9H,4-7H2,1-3H3;8H,4-6H2,1-3H3;2*1-4H3;8*1H/q8*+1;;;;;;;;/p-8. The van der Waals surface area contributed by atoms with Gasteiger partial charge in [0.1, 0.15) is 6.54 Å². The molecule has 0 aliphatic rings. The molecular formula is C69H176BrI7N8O14Si3. The van der Waals surface area contributed by atoms with E-state index >= 15 is 0 Å². The van der Waals surface area contributed by atoms with Crippen molar-refractivity contribution in [1.82, 2.24) is 0 Å². The second-order valence-electron chi connectivity index (χ2n) is 30.6. The van der Waals surface area contributed by atoms with E-state index in [-0.39, 0.29) is 205 Å². The zero-order valence-corrected chi connectivity index (χ0v) is 92.4. The number of rotatable bonds is 48. The van der Waals surface area contributed by atoms with Crippen LogP contribution in [0, 0.1) is 0 Å². The predicted octanol–water partition coefficient (Wildman–Crippen LogP) is -15.8. The Hall–Kier alpha value is 5.36. The second kappa shape index (κ2) is 87.2. The van der Waals surface area contributed by atoms with Gasteiger partial charge in [0.25, 0.3) is 0 Å². The summed E-state index contributed by atoms with van der Waals surface area (Å²) in [6.07, 6.45) is 5.71. The first-order valence-electron chi connectivity index (χ1n) is 36.4. The molecule has 644 valence electrons. The number of nitrogens with zero attached hydrogens (tertiary/aromatic N) is 8. The molecule has 4 N–H and O–H groups in total. The third-order valence-corrected chi connectivity index (χ3v) is 23.2. The molecule has 0 radical (unpaired) electrons. The number of hydrogen-bond donors (Lipinski definition) is 4. The Morgan fingerprint density at radius 2 is 0.422 bits per heavy atom. The van der Waals surface area contributed by atoms with Crippen LogP contribution in [0.5, 0.6) is 0 Å². The van der Waals surface area contributed by atoms with Crippen LogP contribution in [0.4, 0.5) is 0 Å². The molecule has 0 saturated carbocycles. The maximum absolute atomic E-state index is 8.60. The Morgan fingerprint density at radius 3 is 0.569 bits per heavy atom. The maximum Gasteiger partial charge on any atom is 0.501 e. The van der Waals surface area contributed by atoms with Crippen LogP contribution in [0.25, 0.3) is 0 Å². The summed E-state index contributed by atoms with van der Waals surface area (Å²) in [5, 5.41) is 34.0. The van der Waals surface area contributed by atoms with Crippen molar-refractivity contribution in [2.45, 2.75) is 147 Å². The van der Waals surface area contributed by atoms with Crippen molar-refractivity contribution in [3.8, 4) is 0 Å². The number of ether oxygens (including phenoxy) is 1. The summed E-state index contributed by atoms with van der Waals surface area (Å²) in [5.74, 6) is 0. The molecule has 102 heavy (non-hydrogen) atoms. The van der Waals surface area contributed by atoms with Crippen LogP contribution in [0.3, 0.4) is 0 Å². The maximum atomic E-state index is 8.60. The van der Waals surface area contributed by atoms with Gasteiger partial charge in [-0.2, -0.15) is 0 Å². The SMILES string of the molecule is CCO[Si](CCC[N+](C)(C)C)(OCC)OCC.CCO[Si](CCC[N+](C)(C)CCC[Si](OCC)(OCC)OCC)(OCC)OCC.CC[N+](CC)(CC)CC.C[N+](C)(C)C.C[N+](C)(C)C.C[N+](C)(C)CCCO.C[N+](C)(C)CCOCCO.C[N+](C)(CCCO)CCCO.[Br-].[I-].[I-].[I-].[I-].[I-].[I-].[I-]. The second-order valence-corrected chi connectivity index (χ2v) is 38.8. The lowest BCUT2D eigenvalue weighted by molar-refractivity contribution is -0.921. The topological polar surface area (TPSA) is 173 Å². The molecule has 22 nitrogen and oxygen atoms in total. The third-order valence-electron chi connectivity index (χ3n) is 13.7. The van der Waals surface area contributed by atoms with Crippen molar-refractivity contribution < 1.29 is 286 Å². The molecule has 0 aromatic rings. The van der Waals surface area contributed by atoms with Gasteiger partial charge in [-0.1, -0.05) is 0 Å². The Morgan fingerprint density at radius 1 is 0.245 bits per heavy atom. The van der Waals surface area contributed by atoms with Crippen LogP contribution < -0.4 is 185 Å². The van der Waals surface area contributed by atoms with E-state index in [1.165, 1.54) is 30.7 Å². The Kier molecular flexibility index (Phi) is 124. The van der Waals surface area contributed by atoms with Crippen LogP contribution in [0.1, 0.15) is 129 Å². The fourth-order valence-corrected chi connectivity index (χ4v) is 16.6. The summed E-state index contributed by atoms with van der Waals surface area (Å²) >= 11 is 0. The molecule has 0 aliphatic carbocycles. The molecule has 0 atom stereocenters. The first-order chi connectivity index (χ1) is 43.2. The Bertz CT molecular complexity index is 1460. The van der Waals surface area contributed by atoms with Gasteiger partial charge in [0.05, 0.1) is 233 Å². The molecule has 0 aromatic carbocycles. The molecule has 0 aromatic heterocycles. The molecule has 0 aliphatic heterocycles. The van der Waals surface area contributed by atoms with E-state index in [1.807, 2.05) is 62.3 Å². The highest BCUT2D eigenvalue weighted by atomic mass is 127. The highest BCUT2D eigenvalue weighted by molar-refractivity contribution is 6.61. The third kappa shape index (κ3) is 116. The molecule has 0 unspecified atom stereocenters. The van der Waals surface area contributed by atoms with Crippen molar-refractivity contribution in [3.05, 3.63) is 0 Å². The summed E-state index contributed by atoms with van der Waals surface area (Å²) in [5.41, 5.74) is 0. The zero-order chi connectivity index (χ0) is 75.3. The number of aliphatic hydroxyl groups is 4. The van der Waals surface area contributed by atoms with Gasteiger partial charge in [-0.15, -0.1) is 0 Å². The minimum atomic E-state index is -2.55. The summed E-state index contributed by atoms with van der Waals surface area (Å²) in [7, 11) is 37.6. The minimum Gasteiger partial charge on any atom is -1.00 e. The first-order valence-corrected chi connectivity index (χ1v) is 42.2. The smallest absolute Gasteiger partial charge is 0.501 e. The monoisotopic (exact) mass is 2390 g/mol. The van der Waals surface area contributed by atoms with E-state index in [1.54, 1.807) is 0 Å². The largest absolute Gasteiger partial charge is 1.00 e. The van der Waals surface area contributed by atoms with Crippen molar-refractivity contribution in [2.24, 2.45) is 0 Å². The average Bonchev–Trinajstić information content (AvgIpc) is 0.888. The summed E-state index contributed by atoms with van der Waals surface area (Å²) in [6, 6.07) is 2.64. The van der Waals surface area contributed by atoms with Crippen molar-refractivity contribution in [2.75, 3.05) is 319 Å². The molecular weight excluding hydrogens is 2220 g/mol. The van der Waals surface area contributed by atoms with Gasteiger partial charge in [-0.05, 0) is 90.0 Å². The average molecular weight is 2390 g/mol. The van der Waals surface area contributed by atoms with Crippen LogP contribution in [0.15, 0.2) is 0 Å². The number of hydrogen-bond acceptors (Lipinski definition) is 14. The molecule has 0 bridgehead atoms. The van der Waals surface area contributed by atoms with Crippen molar-refractivity contribution in [1.29, 1.82) is 0 Å². The van der Waals surface area contributed by atoms with Gasteiger partial charge in [-0.25, -0.2) is 0 Å². The van der Waals surface area contributed by atoms with E-state index < -0.39 is 26.4 Å². The molecule has 0 spiro atoms. The lowest BCUT2D eigenvalue weighted by Gasteiger charge is -2.34. The van der Waals surface area contributed by atoms with Gasteiger partial charge in [0.15, 0.2) is 0 Å². The summed E-state index contributed by atoms with van der Waals surface area (Å²) in [6.45, 7) is 47.4. The van der Waals surface area contributed by atoms with Crippen LogP contribution in [-0.4, -0.2) is 402 Å². The highest BCUT2D eigenvalue weighted by Crippen LogP contribution is 2.23. The molecule has 33 heteroatoms. The molecule has 0 amide bonds. The lowest BCUT2D eigenvalue weighted by Crippen LogP contribution is -3.00. The van der Waals surface area contributed by atoms with Gasteiger partial charge < -0.3 is 286 Å². The lowest BCUT2D eigenvalue weighted by atomic mass is 10.3. The Labute approximate surface area is 768 Å². The molecule has 0 fully saturated rings. The van der Waals surface area contributed by atoms with E-state index in [2.05, 4.69) is 176 Å². The van der Waals surface area contributed by atoms with Gasteiger partial charge in [-0.3, -0.25) is 0 Å². The number of quaternary nitrogens is 8. The number of aliphatic hydroxyl groups excluding tert-OH is 4. The van der Waals surface area contributed by atoms with E-state index in [4.69, 9.17) is 65.0 Å². The predicted molar refractivity (Wildman–Crippen MR) is 406 cm³/mol. The van der Waals surface area contributed by atoms with E-state index in [0.29, 0.717) is 72.7 Å². The highest BCUT2D eigenvalue weighted by Gasteiger charge is 2.43. The van der Waals surface area contributed by atoms with Crippen molar-refractivity contribution >= 4 is 26.4 Å². The normalized spacial score (nSPS) is 11.6. The number of likely N-dealkylation sites (N-methyl/N-ethyl adjacent to an activating group) is 1. The van der Waals surface area contributed by atoms with Gasteiger partial charge in [0, 0.05) is 136 Å².